The van der Waals surface area contributed by atoms with Crippen molar-refractivity contribution in [3.8, 4) is 5.69 Å². The van der Waals surface area contributed by atoms with Gasteiger partial charge in [-0.3, -0.25) is 9.59 Å². The molecule has 146 valence electrons. The zero-order valence-corrected chi connectivity index (χ0v) is 17.4. The molecule has 8 heteroatoms. The summed E-state index contributed by atoms with van der Waals surface area (Å²) in [5, 5.41) is 5.02. The first-order chi connectivity index (χ1) is 13.3. The maximum absolute atomic E-state index is 12.6. The molecule has 1 aliphatic rings. The van der Waals surface area contributed by atoms with Crippen molar-refractivity contribution in [2.75, 3.05) is 13.7 Å². The number of hydrogen-bond acceptors (Lipinski definition) is 5. The molecule has 0 saturated heterocycles. The summed E-state index contributed by atoms with van der Waals surface area (Å²) >= 11 is 3.46. The molecular formula is C20H20BrN3O4. The van der Waals surface area contributed by atoms with E-state index in [1.807, 2.05) is 42.7 Å². The molecule has 1 aromatic carbocycles. The lowest BCUT2D eigenvalue weighted by Gasteiger charge is -2.18. The summed E-state index contributed by atoms with van der Waals surface area (Å²) in [6.07, 6.45) is 0.416. The van der Waals surface area contributed by atoms with Gasteiger partial charge in [0.15, 0.2) is 6.61 Å². The van der Waals surface area contributed by atoms with Gasteiger partial charge in [-0.05, 0) is 38.1 Å². The van der Waals surface area contributed by atoms with Crippen molar-refractivity contribution in [3.05, 3.63) is 51.8 Å². The molecule has 0 atom stereocenters. The van der Waals surface area contributed by atoms with Crippen LogP contribution in [-0.4, -0.2) is 46.6 Å². The molecular weight excluding hydrogens is 426 g/mol. The average molecular weight is 446 g/mol. The van der Waals surface area contributed by atoms with Gasteiger partial charge in [-0.15, -0.1) is 0 Å². The summed E-state index contributed by atoms with van der Waals surface area (Å²) in [6.45, 7) is 3.40. The number of ether oxygens (including phenoxy) is 1. The second kappa shape index (κ2) is 8.10. The Labute approximate surface area is 171 Å². The predicted molar refractivity (Wildman–Crippen MR) is 108 cm³/mol. The molecule has 1 aliphatic heterocycles. The molecule has 3 rings (SSSR count). The first-order valence-electron chi connectivity index (χ1n) is 8.77. The van der Waals surface area contributed by atoms with Crippen molar-refractivity contribution in [1.29, 1.82) is 0 Å². The van der Waals surface area contributed by atoms with Crippen LogP contribution in [0.3, 0.4) is 0 Å². The maximum atomic E-state index is 12.6. The minimum atomic E-state index is -0.673. The Hall–Kier alpha value is -2.74. The van der Waals surface area contributed by atoms with Crippen LogP contribution >= 0.6 is 15.9 Å². The van der Waals surface area contributed by atoms with Crippen LogP contribution in [0.4, 0.5) is 0 Å². The molecule has 0 radical (unpaired) electrons. The van der Waals surface area contributed by atoms with Gasteiger partial charge in [-0.1, -0.05) is 22.0 Å². The fourth-order valence-corrected chi connectivity index (χ4v) is 3.55. The van der Waals surface area contributed by atoms with Crippen LogP contribution < -0.4 is 0 Å². The Morgan fingerprint density at radius 3 is 2.64 bits per heavy atom. The van der Waals surface area contributed by atoms with Crippen molar-refractivity contribution in [2.24, 2.45) is 5.10 Å². The summed E-state index contributed by atoms with van der Waals surface area (Å²) < 4.78 is 8.05. The van der Waals surface area contributed by atoms with E-state index in [1.54, 1.807) is 6.07 Å². The maximum Gasteiger partial charge on any atom is 0.354 e. The SMILES string of the molecule is Cc1cc(C(=O)COC(=O)C2=NN(C)C(=O)CC2)c(C)n1-c1cccc(Br)c1. The van der Waals surface area contributed by atoms with E-state index in [1.165, 1.54) is 7.05 Å². The van der Waals surface area contributed by atoms with Gasteiger partial charge in [-0.2, -0.15) is 5.10 Å². The molecule has 2 aromatic rings. The number of hydrogen-bond donors (Lipinski definition) is 0. The average Bonchev–Trinajstić information content (AvgIpc) is 2.96. The summed E-state index contributed by atoms with van der Waals surface area (Å²) in [6, 6.07) is 9.57. The normalized spacial score (nSPS) is 14.1. The van der Waals surface area contributed by atoms with Crippen LogP contribution in [0.15, 0.2) is 39.9 Å². The standard InChI is InChI=1S/C20H20BrN3O4/c1-12-9-16(13(2)24(12)15-6-4-5-14(21)10-15)18(25)11-28-20(27)17-7-8-19(26)23(3)22-17/h4-6,9-10H,7-8,11H2,1-3H3. The first-order valence-corrected chi connectivity index (χ1v) is 9.56. The van der Waals surface area contributed by atoms with Crippen molar-refractivity contribution in [2.45, 2.75) is 26.7 Å². The van der Waals surface area contributed by atoms with Gasteiger partial charge >= 0.3 is 5.97 Å². The van der Waals surface area contributed by atoms with E-state index >= 15 is 0 Å². The lowest BCUT2D eigenvalue weighted by Crippen LogP contribution is -2.33. The largest absolute Gasteiger partial charge is 0.453 e. The van der Waals surface area contributed by atoms with Crippen LogP contribution in [0, 0.1) is 13.8 Å². The second-order valence-corrected chi connectivity index (χ2v) is 7.48. The van der Waals surface area contributed by atoms with Gasteiger partial charge in [0.05, 0.1) is 0 Å². The van der Waals surface area contributed by atoms with Crippen LogP contribution in [0.2, 0.25) is 0 Å². The number of carbonyl (C=O) groups excluding carboxylic acids is 3. The van der Waals surface area contributed by atoms with Crippen LogP contribution in [0.1, 0.15) is 34.6 Å². The lowest BCUT2D eigenvalue weighted by atomic mass is 10.1. The molecule has 1 amide bonds. The molecule has 0 fully saturated rings. The number of carbonyl (C=O) groups is 3. The number of benzene rings is 1. The third-order valence-corrected chi connectivity index (χ3v) is 5.07. The van der Waals surface area contributed by atoms with E-state index in [2.05, 4.69) is 21.0 Å². The van der Waals surface area contributed by atoms with Crippen LogP contribution in [0.25, 0.3) is 5.69 Å². The van der Waals surface area contributed by atoms with Crippen LogP contribution in [-0.2, 0) is 14.3 Å². The van der Waals surface area contributed by atoms with Gasteiger partial charge < -0.3 is 9.30 Å². The molecule has 7 nitrogen and oxygen atoms in total. The van der Waals surface area contributed by atoms with Crippen molar-refractivity contribution in [3.63, 3.8) is 0 Å². The van der Waals surface area contributed by atoms with Crippen molar-refractivity contribution in [1.82, 2.24) is 9.58 Å². The molecule has 1 aromatic heterocycles. The number of hydrazone groups is 1. The summed E-state index contributed by atoms with van der Waals surface area (Å²) in [7, 11) is 1.48. The highest BCUT2D eigenvalue weighted by Gasteiger charge is 2.24. The topological polar surface area (TPSA) is 81.0 Å². The van der Waals surface area contributed by atoms with Gasteiger partial charge in [-0.25, -0.2) is 9.80 Å². The molecule has 0 saturated carbocycles. The van der Waals surface area contributed by atoms with E-state index in [9.17, 15) is 14.4 Å². The number of halogens is 1. The molecule has 0 unspecified atom stereocenters. The highest BCUT2D eigenvalue weighted by Crippen LogP contribution is 2.23. The molecule has 2 heterocycles. The van der Waals surface area contributed by atoms with Gasteiger partial charge in [0.1, 0.15) is 5.71 Å². The number of nitrogens with zero attached hydrogens (tertiary/aromatic N) is 3. The quantitative estimate of drug-likeness (QED) is 0.522. The third kappa shape index (κ3) is 4.06. The Morgan fingerprint density at radius 1 is 1.21 bits per heavy atom. The Balaban J connectivity index is 1.73. The summed E-state index contributed by atoms with van der Waals surface area (Å²) in [4.78, 5) is 36.2. The smallest absolute Gasteiger partial charge is 0.354 e. The summed E-state index contributed by atoms with van der Waals surface area (Å²) in [5.41, 5.74) is 3.27. The Bertz CT molecular complexity index is 993. The van der Waals surface area contributed by atoms with E-state index in [0.717, 1.165) is 26.6 Å². The zero-order valence-electron chi connectivity index (χ0n) is 15.9. The third-order valence-electron chi connectivity index (χ3n) is 4.58. The predicted octanol–water partition coefficient (Wildman–Crippen LogP) is 3.19. The highest BCUT2D eigenvalue weighted by atomic mass is 79.9. The molecule has 0 N–H and O–H groups in total. The van der Waals surface area contributed by atoms with Gasteiger partial charge in [0.2, 0.25) is 11.7 Å². The Kier molecular flexibility index (Phi) is 5.79. The lowest BCUT2D eigenvalue weighted by molar-refractivity contribution is -0.135. The highest BCUT2D eigenvalue weighted by molar-refractivity contribution is 9.10. The molecule has 0 aliphatic carbocycles. The number of aryl methyl sites for hydroxylation is 1. The zero-order chi connectivity index (χ0) is 20.4. The fourth-order valence-electron chi connectivity index (χ4n) is 3.17. The number of aromatic nitrogens is 1. The number of Topliss-reactive ketones (excluding diaryl/α,β-unsaturated/α-hetero) is 1. The first kappa shape index (κ1) is 20.0. The van der Waals surface area contributed by atoms with Gasteiger partial charge in [0, 0.05) is 47.0 Å². The number of esters is 1. The fraction of sp³-hybridized carbons (Fsp3) is 0.300. The van der Waals surface area contributed by atoms with Crippen molar-refractivity contribution < 1.29 is 19.1 Å². The number of amides is 1. The van der Waals surface area contributed by atoms with Crippen LogP contribution in [0.5, 0.6) is 0 Å². The van der Waals surface area contributed by atoms with Gasteiger partial charge in [0.25, 0.3) is 0 Å². The summed E-state index contributed by atoms with van der Waals surface area (Å²) in [5.74, 6) is -1.12. The minimum Gasteiger partial charge on any atom is -0.453 e. The minimum absolute atomic E-state index is 0.148. The molecule has 28 heavy (non-hydrogen) atoms. The van der Waals surface area contributed by atoms with Crippen molar-refractivity contribution >= 4 is 39.3 Å². The Morgan fingerprint density at radius 2 is 1.96 bits per heavy atom. The van der Waals surface area contributed by atoms with E-state index in [4.69, 9.17) is 4.74 Å². The second-order valence-electron chi connectivity index (χ2n) is 6.56. The van der Waals surface area contributed by atoms with E-state index < -0.39 is 5.97 Å². The molecule has 0 bridgehead atoms. The van der Waals surface area contributed by atoms with E-state index in [-0.39, 0.29) is 36.9 Å². The molecule has 0 spiro atoms. The number of rotatable bonds is 5. The monoisotopic (exact) mass is 445 g/mol. The number of ketones is 1. The van der Waals surface area contributed by atoms with E-state index in [0.29, 0.717) is 5.56 Å².